The Hall–Kier alpha value is -0.540. The van der Waals surface area contributed by atoms with Crippen molar-refractivity contribution in [1.82, 2.24) is 0 Å². The van der Waals surface area contributed by atoms with Crippen LogP contribution in [0.25, 0.3) is 0 Å². The number of halogens is 1. The van der Waals surface area contributed by atoms with E-state index < -0.39 is 0 Å². The van der Waals surface area contributed by atoms with Crippen molar-refractivity contribution in [2.24, 2.45) is 17.6 Å². The second-order valence-corrected chi connectivity index (χ2v) is 6.89. The van der Waals surface area contributed by atoms with Gasteiger partial charge in [-0.2, -0.15) is 0 Å². The van der Waals surface area contributed by atoms with Crippen LogP contribution >= 0.6 is 15.9 Å². The van der Waals surface area contributed by atoms with Gasteiger partial charge in [0.05, 0.1) is 11.6 Å². The van der Waals surface area contributed by atoms with E-state index >= 15 is 0 Å². The molecule has 3 heteroatoms. The molecule has 1 aliphatic rings. The third-order valence-corrected chi connectivity index (χ3v) is 5.43. The van der Waals surface area contributed by atoms with Crippen molar-refractivity contribution in [3.8, 4) is 5.75 Å². The first-order valence-corrected chi connectivity index (χ1v) is 7.87. The number of benzene rings is 1. The Bertz CT molecular complexity index is 448. The summed E-state index contributed by atoms with van der Waals surface area (Å²) in [5, 5.41) is 0. The Morgan fingerprint density at radius 1 is 1.42 bits per heavy atom. The first-order chi connectivity index (χ1) is 8.96. The molecule has 2 N–H and O–H groups in total. The van der Waals surface area contributed by atoms with Gasteiger partial charge >= 0.3 is 0 Å². The van der Waals surface area contributed by atoms with Crippen LogP contribution < -0.4 is 10.5 Å². The van der Waals surface area contributed by atoms with E-state index in [0.717, 1.165) is 29.0 Å². The third-order valence-electron chi connectivity index (χ3n) is 4.81. The van der Waals surface area contributed by atoms with Crippen LogP contribution in [0.3, 0.4) is 0 Å². The van der Waals surface area contributed by atoms with Gasteiger partial charge in [-0.1, -0.05) is 32.8 Å². The van der Waals surface area contributed by atoms with Crippen molar-refractivity contribution < 1.29 is 4.74 Å². The maximum atomic E-state index is 6.70. The summed E-state index contributed by atoms with van der Waals surface area (Å²) in [5.41, 5.74) is 7.92. The van der Waals surface area contributed by atoms with Crippen LogP contribution in [0, 0.1) is 11.8 Å². The van der Waals surface area contributed by atoms with Gasteiger partial charge in [0.25, 0.3) is 0 Å². The molecule has 3 atom stereocenters. The predicted molar refractivity (Wildman–Crippen MR) is 83.5 cm³/mol. The number of methoxy groups -OCH3 is 1. The van der Waals surface area contributed by atoms with Crippen LogP contribution in [0.1, 0.15) is 38.7 Å². The van der Waals surface area contributed by atoms with Crippen molar-refractivity contribution in [1.29, 1.82) is 0 Å². The van der Waals surface area contributed by atoms with E-state index in [0.29, 0.717) is 5.92 Å². The topological polar surface area (TPSA) is 35.2 Å². The molecular formula is C16H24BrNO. The van der Waals surface area contributed by atoms with E-state index in [-0.39, 0.29) is 5.54 Å². The minimum atomic E-state index is -0.0638. The molecular weight excluding hydrogens is 302 g/mol. The van der Waals surface area contributed by atoms with Crippen LogP contribution in [0.2, 0.25) is 0 Å². The molecule has 3 unspecified atom stereocenters. The van der Waals surface area contributed by atoms with Gasteiger partial charge in [0.2, 0.25) is 0 Å². The Morgan fingerprint density at radius 2 is 2.16 bits per heavy atom. The van der Waals surface area contributed by atoms with Gasteiger partial charge in [-0.15, -0.1) is 0 Å². The highest BCUT2D eigenvalue weighted by molar-refractivity contribution is 9.10. The quantitative estimate of drug-likeness (QED) is 0.905. The molecule has 1 saturated carbocycles. The van der Waals surface area contributed by atoms with E-state index in [1.165, 1.54) is 18.4 Å². The highest BCUT2D eigenvalue weighted by Gasteiger charge is 2.38. The van der Waals surface area contributed by atoms with Gasteiger partial charge in [-0.05, 0) is 58.3 Å². The minimum absolute atomic E-state index is 0.0638. The fourth-order valence-corrected chi connectivity index (χ4v) is 3.83. The molecule has 0 spiro atoms. The highest BCUT2D eigenvalue weighted by atomic mass is 79.9. The second-order valence-electron chi connectivity index (χ2n) is 6.04. The molecule has 1 fully saturated rings. The summed E-state index contributed by atoms with van der Waals surface area (Å²) in [6.07, 6.45) is 4.63. The van der Waals surface area contributed by atoms with E-state index in [1.807, 2.05) is 6.07 Å². The Morgan fingerprint density at radius 3 is 2.79 bits per heavy atom. The highest BCUT2D eigenvalue weighted by Crippen LogP contribution is 2.38. The molecule has 0 amide bonds. The van der Waals surface area contributed by atoms with Gasteiger partial charge < -0.3 is 10.5 Å². The summed E-state index contributed by atoms with van der Waals surface area (Å²) in [7, 11) is 1.69. The van der Waals surface area contributed by atoms with Crippen molar-refractivity contribution in [2.75, 3.05) is 7.11 Å². The molecule has 1 aromatic rings. The lowest BCUT2D eigenvalue weighted by Gasteiger charge is -2.43. The smallest absolute Gasteiger partial charge is 0.133 e. The number of rotatable bonds is 3. The Balaban J connectivity index is 2.17. The molecule has 0 radical (unpaired) electrons. The van der Waals surface area contributed by atoms with Gasteiger partial charge in [0, 0.05) is 5.54 Å². The van der Waals surface area contributed by atoms with Crippen LogP contribution in [-0.4, -0.2) is 12.6 Å². The lowest BCUT2D eigenvalue weighted by atomic mass is 9.66. The summed E-state index contributed by atoms with van der Waals surface area (Å²) >= 11 is 3.55. The predicted octanol–water partition coefficient (Wildman–Crippen LogP) is 4.15. The molecule has 2 rings (SSSR count). The summed E-state index contributed by atoms with van der Waals surface area (Å²) in [6, 6.07) is 6.28. The minimum Gasteiger partial charge on any atom is -0.496 e. The van der Waals surface area contributed by atoms with Gasteiger partial charge in [-0.25, -0.2) is 0 Å². The van der Waals surface area contributed by atoms with E-state index in [1.54, 1.807) is 7.11 Å². The third kappa shape index (κ3) is 3.14. The van der Waals surface area contributed by atoms with E-state index in [2.05, 4.69) is 41.9 Å². The molecule has 19 heavy (non-hydrogen) atoms. The fraction of sp³-hybridized carbons (Fsp3) is 0.625. The maximum Gasteiger partial charge on any atom is 0.133 e. The molecule has 0 bridgehead atoms. The number of hydrogen-bond donors (Lipinski definition) is 1. The van der Waals surface area contributed by atoms with E-state index in [9.17, 15) is 0 Å². The number of ether oxygens (including phenoxy) is 1. The summed E-state index contributed by atoms with van der Waals surface area (Å²) in [4.78, 5) is 0. The van der Waals surface area contributed by atoms with Gasteiger partial charge in [0.15, 0.2) is 0 Å². The summed E-state index contributed by atoms with van der Waals surface area (Å²) < 4.78 is 6.28. The average Bonchev–Trinajstić information content (AvgIpc) is 2.36. The van der Waals surface area contributed by atoms with Crippen molar-refractivity contribution in [3.63, 3.8) is 0 Å². The summed E-state index contributed by atoms with van der Waals surface area (Å²) in [5.74, 6) is 2.17. The van der Waals surface area contributed by atoms with Crippen LogP contribution in [-0.2, 0) is 6.42 Å². The molecule has 1 aromatic carbocycles. The zero-order valence-corrected chi connectivity index (χ0v) is 13.7. The Kier molecular flexibility index (Phi) is 4.57. The average molecular weight is 326 g/mol. The maximum absolute atomic E-state index is 6.70. The number of hydrogen-bond acceptors (Lipinski definition) is 2. The molecule has 0 aromatic heterocycles. The van der Waals surface area contributed by atoms with Gasteiger partial charge in [-0.3, -0.25) is 0 Å². The number of nitrogens with two attached hydrogens (primary N) is 1. The zero-order valence-electron chi connectivity index (χ0n) is 12.1. The SMILES string of the molecule is COc1ccc(CC2(N)CCCC(C)C2C)cc1Br. The molecule has 0 aliphatic heterocycles. The lowest BCUT2D eigenvalue weighted by Crippen LogP contribution is -2.52. The standard InChI is InChI=1S/C16H24BrNO/c1-11-5-4-8-16(18,12(11)2)10-13-6-7-15(19-3)14(17)9-13/h6-7,9,11-12H,4-5,8,10,18H2,1-3H3. The second kappa shape index (κ2) is 5.84. The summed E-state index contributed by atoms with van der Waals surface area (Å²) in [6.45, 7) is 4.64. The van der Waals surface area contributed by atoms with Crippen molar-refractivity contribution in [3.05, 3.63) is 28.2 Å². The first-order valence-electron chi connectivity index (χ1n) is 7.07. The largest absolute Gasteiger partial charge is 0.496 e. The van der Waals surface area contributed by atoms with Crippen LogP contribution in [0.5, 0.6) is 5.75 Å². The van der Waals surface area contributed by atoms with Crippen LogP contribution in [0.4, 0.5) is 0 Å². The zero-order chi connectivity index (χ0) is 14.0. The van der Waals surface area contributed by atoms with Gasteiger partial charge in [0.1, 0.15) is 5.75 Å². The molecule has 1 aliphatic carbocycles. The Labute approximate surface area is 124 Å². The lowest BCUT2D eigenvalue weighted by molar-refractivity contribution is 0.143. The molecule has 106 valence electrons. The molecule has 0 saturated heterocycles. The first kappa shape index (κ1) is 14.9. The van der Waals surface area contributed by atoms with E-state index in [4.69, 9.17) is 10.5 Å². The monoisotopic (exact) mass is 325 g/mol. The molecule has 0 heterocycles. The van der Waals surface area contributed by atoms with Crippen molar-refractivity contribution in [2.45, 2.75) is 45.1 Å². The van der Waals surface area contributed by atoms with Crippen molar-refractivity contribution >= 4 is 15.9 Å². The fourth-order valence-electron chi connectivity index (χ4n) is 3.25. The normalized spacial score (nSPS) is 31.2. The van der Waals surface area contributed by atoms with Crippen LogP contribution in [0.15, 0.2) is 22.7 Å². The molecule has 2 nitrogen and oxygen atoms in total.